The Hall–Kier alpha value is 0.137. The molecule has 3 fully saturated rings. The van der Waals surface area contributed by atoms with E-state index >= 15 is 0 Å². The van der Waals surface area contributed by atoms with Gasteiger partial charge in [-0.2, -0.15) is 0 Å². The second-order valence-corrected chi connectivity index (χ2v) is 7.20. The molecule has 1 heterocycles. The van der Waals surface area contributed by atoms with Gasteiger partial charge in [-0.05, 0) is 42.6 Å². The predicted molar refractivity (Wildman–Crippen MR) is 68.2 cm³/mol. The summed E-state index contributed by atoms with van der Waals surface area (Å²) >= 11 is 0. The zero-order valence-electron chi connectivity index (χ0n) is 10.8. The van der Waals surface area contributed by atoms with E-state index < -0.39 is 0 Å². The fraction of sp³-hybridized carbons (Fsp3) is 1.00. The Labute approximate surface area is 108 Å². The van der Waals surface area contributed by atoms with Gasteiger partial charge in [-0.15, -0.1) is 0 Å². The highest BCUT2D eigenvalue weighted by Crippen LogP contribution is 2.53. The zero-order chi connectivity index (χ0) is 11.9. The summed E-state index contributed by atoms with van der Waals surface area (Å²) in [6, 6.07) is 0. The third kappa shape index (κ3) is 2.22. The maximum absolute atomic E-state index is 6.01. The molecule has 0 amide bonds. The molecule has 2 aliphatic carbocycles. The van der Waals surface area contributed by atoms with Gasteiger partial charge in [-0.1, -0.05) is 13.3 Å². The highest BCUT2D eigenvalue weighted by atomic mass is 28.1. The van der Waals surface area contributed by atoms with Crippen molar-refractivity contribution in [1.29, 1.82) is 0 Å². The summed E-state index contributed by atoms with van der Waals surface area (Å²) in [6.45, 7) is 5.96. The monoisotopic (exact) mass is 251 g/mol. The van der Waals surface area contributed by atoms with Gasteiger partial charge in [-0.3, -0.25) is 0 Å². The number of ether oxygens (including phenoxy) is 2. The van der Waals surface area contributed by atoms with Crippen LogP contribution in [-0.2, 0) is 9.47 Å². The molecule has 3 rings (SSSR count). The van der Waals surface area contributed by atoms with E-state index in [1.165, 1.54) is 25.7 Å². The minimum atomic E-state index is 0.356. The van der Waals surface area contributed by atoms with Crippen LogP contribution in [0.3, 0.4) is 0 Å². The summed E-state index contributed by atoms with van der Waals surface area (Å²) in [5.74, 6) is 2.69. The van der Waals surface area contributed by atoms with E-state index in [-0.39, 0.29) is 0 Å². The molecule has 4 unspecified atom stereocenters. The third-order valence-electron chi connectivity index (χ3n) is 5.31. The van der Waals surface area contributed by atoms with Crippen molar-refractivity contribution < 1.29 is 9.47 Å². The van der Waals surface area contributed by atoms with Gasteiger partial charge in [0.25, 0.3) is 0 Å². The first-order valence-electron chi connectivity index (χ1n) is 7.09. The van der Waals surface area contributed by atoms with Crippen LogP contribution in [-0.4, -0.2) is 36.7 Å². The van der Waals surface area contributed by atoms with Crippen molar-refractivity contribution in [2.45, 2.75) is 38.1 Å². The van der Waals surface area contributed by atoms with Gasteiger partial charge in [0, 0.05) is 22.3 Å². The Kier molecular flexibility index (Phi) is 3.35. The normalized spacial score (nSPS) is 42.7. The van der Waals surface area contributed by atoms with Crippen LogP contribution in [0.25, 0.3) is 0 Å². The summed E-state index contributed by atoms with van der Waals surface area (Å²) in [5.41, 5.74) is 1.15. The lowest BCUT2D eigenvalue weighted by Gasteiger charge is -2.40. The quantitative estimate of drug-likeness (QED) is 0.699. The first-order valence-corrected chi connectivity index (χ1v) is 7.67. The van der Waals surface area contributed by atoms with Gasteiger partial charge in [0.2, 0.25) is 0 Å². The van der Waals surface area contributed by atoms with E-state index in [2.05, 4.69) is 17.2 Å². The lowest BCUT2D eigenvalue weighted by atomic mass is 9.84. The molecule has 0 aromatic rings. The number of fused-ring (bicyclic) bond motifs is 2. The molecule has 0 N–H and O–H groups in total. The lowest BCUT2D eigenvalue weighted by molar-refractivity contribution is -0.153. The molecule has 0 aromatic carbocycles. The van der Waals surface area contributed by atoms with Gasteiger partial charge in [0.15, 0.2) is 0 Å². The van der Waals surface area contributed by atoms with Crippen LogP contribution in [0.2, 0.25) is 5.54 Å². The van der Waals surface area contributed by atoms with E-state index in [1.807, 2.05) is 0 Å². The fourth-order valence-corrected chi connectivity index (χ4v) is 4.38. The maximum Gasteiger partial charge on any atom is 0.0566 e. The molecule has 17 heavy (non-hydrogen) atoms. The molecule has 2 saturated carbocycles. The molecule has 2 bridgehead atoms. The van der Waals surface area contributed by atoms with Gasteiger partial charge >= 0.3 is 0 Å². The van der Waals surface area contributed by atoms with Gasteiger partial charge < -0.3 is 9.47 Å². The highest BCUT2D eigenvalue weighted by Gasteiger charge is 2.44. The maximum atomic E-state index is 6.01. The van der Waals surface area contributed by atoms with Gasteiger partial charge in [0.1, 0.15) is 0 Å². The molecule has 0 aromatic heterocycles. The second-order valence-electron chi connectivity index (χ2n) is 6.46. The second kappa shape index (κ2) is 4.67. The number of rotatable bonds is 5. The van der Waals surface area contributed by atoms with E-state index in [0.717, 1.165) is 49.7 Å². The Morgan fingerprint density at radius 2 is 2.06 bits per heavy atom. The van der Waals surface area contributed by atoms with Crippen molar-refractivity contribution in [1.82, 2.24) is 0 Å². The molecular weight excluding hydrogens is 228 g/mol. The largest absolute Gasteiger partial charge is 0.380 e. The minimum absolute atomic E-state index is 0.356. The molecule has 95 valence electrons. The Morgan fingerprint density at radius 1 is 1.24 bits per heavy atom. The van der Waals surface area contributed by atoms with Gasteiger partial charge in [0.05, 0.1) is 19.8 Å². The van der Waals surface area contributed by atoms with Gasteiger partial charge in [-0.25, -0.2) is 0 Å². The first-order chi connectivity index (χ1) is 8.22. The van der Waals surface area contributed by atoms with Crippen LogP contribution in [0.5, 0.6) is 0 Å². The Balaban J connectivity index is 1.41. The molecule has 1 saturated heterocycles. The van der Waals surface area contributed by atoms with Crippen LogP contribution in [0.4, 0.5) is 0 Å². The van der Waals surface area contributed by atoms with Crippen molar-refractivity contribution >= 4 is 10.2 Å². The summed E-state index contributed by atoms with van der Waals surface area (Å²) in [4.78, 5) is 0. The third-order valence-corrected chi connectivity index (χ3v) is 6.02. The van der Waals surface area contributed by atoms with Crippen LogP contribution < -0.4 is 0 Å². The highest BCUT2D eigenvalue weighted by molar-refractivity contribution is 6.12. The van der Waals surface area contributed by atoms with E-state index in [9.17, 15) is 0 Å². The summed E-state index contributed by atoms with van der Waals surface area (Å²) < 4.78 is 11.3. The standard InChI is InChI=1S/C14H23O2Si/c1-2-14(8-16-9-14)7-15-6-12-4-11-3-10(12)5-13(11)17/h10-13H,2-9H2,1H3. The SMILES string of the molecule is CCC1(COCC2CC3CC2CC3[Si])COC1. The average molecular weight is 251 g/mol. The fourth-order valence-electron chi connectivity index (χ4n) is 3.81. The minimum Gasteiger partial charge on any atom is -0.380 e. The van der Waals surface area contributed by atoms with Crippen LogP contribution in [0.1, 0.15) is 32.6 Å². The van der Waals surface area contributed by atoms with Crippen LogP contribution in [0, 0.1) is 23.2 Å². The smallest absolute Gasteiger partial charge is 0.0566 e. The molecule has 3 radical (unpaired) electrons. The number of hydrogen-bond donors (Lipinski definition) is 0. The summed E-state index contributed by atoms with van der Waals surface area (Å²) in [5, 5.41) is 0. The molecule has 3 heteroatoms. The first kappa shape index (κ1) is 12.2. The summed E-state index contributed by atoms with van der Waals surface area (Å²) in [7, 11) is 3.85. The topological polar surface area (TPSA) is 18.5 Å². The van der Waals surface area contributed by atoms with Crippen LogP contribution >= 0.6 is 0 Å². The van der Waals surface area contributed by atoms with Crippen molar-refractivity contribution in [2.75, 3.05) is 26.4 Å². The van der Waals surface area contributed by atoms with Crippen molar-refractivity contribution in [3.63, 3.8) is 0 Å². The Morgan fingerprint density at radius 3 is 2.53 bits per heavy atom. The lowest BCUT2D eigenvalue weighted by Crippen LogP contribution is -2.46. The summed E-state index contributed by atoms with van der Waals surface area (Å²) in [6.07, 6.45) is 5.38. The molecule has 0 spiro atoms. The molecule has 4 atom stereocenters. The molecule has 2 nitrogen and oxygen atoms in total. The van der Waals surface area contributed by atoms with E-state index in [0.29, 0.717) is 5.41 Å². The predicted octanol–water partition coefficient (Wildman–Crippen LogP) is 2.43. The average Bonchev–Trinajstić information content (AvgIpc) is 2.81. The molecule has 1 aliphatic heterocycles. The molecular formula is C14H23O2Si. The van der Waals surface area contributed by atoms with Crippen LogP contribution in [0.15, 0.2) is 0 Å². The number of hydrogen-bond acceptors (Lipinski definition) is 2. The van der Waals surface area contributed by atoms with E-state index in [4.69, 9.17) is 9.47 Å². The zero-order valence-corrected chi connectivity index (χ0v) is 11.8. The van der Waals surface area contributed by atoms with Crippen molar-refractivity contribution in [3.8, 4) is 0 Å². The Bertz CT molecular complexity index is 270. The van der Waals surface area contributed by atoms with Crippen molar-refractivity contribution in [3.05, 3.63) is 0 Å². The van der Waals surface area contributed by atoms with E-state index in [1.54, 1.807) is 0 Å². The van der Waals surface area contributed by atoms with Crippen molar-refractivity contribution in [2.24, 2.45) is 23.2 Å². The molecule has 3 aliphatic rings.